The van der Waals surface area contributed by atoms with Crippen molar-refractivity contribution in [2.75, 3.05) is 19.6 Å². The van der Waals surface area contributed by atoms with E-state index in [1.54, 1.807) is 0 Å². The molecule has 1 saturated heterocycles. The fourth-order valence-corrected chi connectivity index (χ4v) is 4.41. The summed E-state index contributed by atoms with van der Waals surface area (Å²) in [4.78, 5) is 67.9. The highest BCUT2D eigenvalue weighted by atomic mass is 19.1. The van der Waals surface area contributed by atoms with Crippen molar-refractivity contribution >= 4 is 35.9 Å². The maximum absolute atomic E-state index is 14.0. The van der Waals surface area contributed by atoms with Gasteiger partial charge >= 0.3 is 0 Å². The normalized spacial score (nSPS) is 19.1. The first-order valence-corrected chi connectivity index (χ1v) is 13.4. The van der Waals surface area contributed by atoms with Gasteiger partial charge in [-0.3, -0.25) is 24.2 Å². The third-order valence-corrected chi connectivity index (χ3v) is 6.27. The fraction of sp³-hybridized carbons (Fsp3) is 0.760. The summed E-state index contributed by atoms with van der Waals surface area (Å²) >= 11 is 0. The molecule has 0 radical (unpaired) electrons. The second-order valence-corrected chi connectivity index (χ2v) is 10.3. The van der Waals surface area contributed by atoms with E-state index in [1.165, 1.54) is 6.92 Å². The van der Waals surface area contributed by atoms with Crippen LogP contribution < -0.4 is 33.2 Å². The van der Waals surface area contributed by atoms with Gasteiger partial charge in [-0.25, -0.2) is 4.39 Å². The first-order chi connectivity index (χ1) is 18.4. The van der Waals surface area contributed by atoms with Crippen LogP contribution in [0.4, 0.5) is 4.39 Å². The van der Waals surface area contributed by atoms with Gasteiger partial charge in [0.2, 0.25) is 23.6 Å². The van der Waals surface area contributed by atoms with Gasteiger partial charge in [0.1, 0.15) is 30.6 Å². The summed E-state index contributed by atoms with van der Waals surface area (Å²) in [6, 6.07) is -3.89. The van der Waals surface area contributed by atoms with Gasteiger partial charge in [0.15, 0.2) is 5.96 Å². The van der Waals surface area contributed by atoms with Crippen molar-refractivity contribution in [2.24, 2.45) is 28.1 Å². The molecule has 1 aliphatic rings. The minimum absolute atomic E-state index is 0.00107. The van der Waals surface area contributed by atoms with Crippen LogP contribution in [0.3, 0.4) is 0 Å². The van der Waals surface area contributed by atoms with Gasteiger partial charge in [0.05, 0.1) is 12.6 Å². The van der Waals surface area contributed by atoms with Gasteiger partial charge in [-0.2, -0.15) is 0 Å². The second kappa shape index (κ2) is 17.3. The van der Waals surface area contributed by atoms with E-state index in [2.05, 4.69) is 20.9 Å². The molecular weight excluding hydrogens is 511 g/mol. The number of likely N-dealkylation sites (tertiary alicyclic amines) is 1. The largest absolute Gasteiger partial charge is 0.370 e. The number of unbranched alkanes of at least 4 members (excludes halogenated alkanes) is 1. The average molecular weight is 557 g/mol. The molecule has 0 aliphatic carbocycles. The summed E-state index contributed by atoms with van der Waals surface area (Å²) < 4.78 is 14.0. The summed E-state index contributed by atoms with van der Waals surface area (Å²) in [6.07, 6.45) is 1.38. The van der Waals surface area contributed by atoms with Crippen molar-refractivity contribution in [3.8, 4) is 0 Å². The molecule has 0 aromatic rings. The molecule has 4 amide bonds. The molecule has 0 saturated carbocycles. The number of nitrogens with two attached hydrogens (primary N) is 3. The zero-order valence-corrected chi connectivity index (χ0v) is 23.2. The lowest BCUT2D eigenvalue weighted by molar-refractivity contribution is -0.140. The van der Waals surface area contributed by atoms with Crippen molar-refractivity contribution in [3.63, 3.8) is 0 Å². The molecule has 1 rings (SSSR count). The summed E-state index contributed by atoms with van der Waals surface area (Å²) in [7, 11) is 0. The molecule has 39 heavy (non-hydrogen) atoms. The molecule has 5 atom stereocenters. The lowest BCUT2D eigenvalue weighted by atomic mass is 10.0. The molecule has 14 heteroatoms. The molecule has 1 heterocycles. The van der Waals surface area contributed by atoms with Gasteiger partial charge in [0.25, 0.3) is 0 Å². The Kier molecular flexibility index (Phi) is 15.0. The van der Waals surface area contributed by atoms with E-state index in [9.17, 15) is 28.4 Å². The van der Waals surface area contributed by atoms with Crippen LogP contribution in [0.25, 0.3) is 0 Å². The Morgan fingerprint density at radius 2 is 1.62 bits per heavy atom. The molecule has 9 N–H and O–H groups in total. The fourth-order valence-electron chi connectivity index (χ4n) is 4.41. The van der Waals surface area contributed by atoms with E-state index in [4.69, 9.17) is 17.2 Å². The molecule has 1 fully saturated rings. The first kappa shape index (κ1) is 33.7. The zero-order chi connectivity index (χ0) is 29.5. The predicted octanol–water partition coefficient (Wildman–Crippen LogP) is -1.17. The lowest BCUT2D eigenvalue weighted by Gasteiger charge is -2.29. The Balaban J connectivity index is 3.09. The smallest absolute Gasteiger partial charge is 0.245 e. The number of aldehydes is 1. The van der Waals surface area contributed by atoms with Crippen molar-refractivity contribution in [2.45, 2.75) is 96.1 Å². The molecular formula is C25H45FN8O5. The monoisotopic (exact) mass is 556 g/mol. The Labute approximate surface area is 229 Å². The number of hydrogen-bond acceptors (Lipinski definition) is 7. The minimum Gasteiger partial charge on any atom is -0.370 e. The van der Waals surface area contributed by atoms with Crippen molar-refractivity contribution in [1.29, 1.82) is 0 Å². The number of guanidine groups is 1. The molecule has 0 bridgehead atoms. The number of amides is 4. The number of nitrogens with zero attached hydrogens (tertiary/aromatic N) is 2. The molecule has 0 aromatic carbocycles. The highest BCUT2D eigenvalue weighted by Crippen LogP contribution is 2.21. The van der Waals surface area contributed by atoms with Gasteiger partial charge in [-0.05, 0) is 51.0 Å². The van der Waals surface area contributed by atoms with Crippen LogP contribution in [0.15, 0.2) is 4.99 Å². The molecule has 0 spiro atoms. The average Bonchev–Trinajstić information content (AvgIpc) is 3.24. The van der Waals surface area contributed by atoms with E-state index >= 15 is 0 Å². The van der Waals surface area contributed by atoms with Crippen molar-refractivity contribution in [1.82, 2.24) is 20.9 Å². The van der Waals surface area contributed by atoms with E-state index in [0.717, 1.165) is 4.90 Å². The number of aliphatic imine (C=N–C) groups is 1. The minimum atomic E-state index is -1.35. The van der Waals surface area contributed by atoms with E-state index in [0.29, 0.717) is 38.5 Å². The topological polar surface area (TPSA) is 215 Å². The highest BCUT2D eigenvalue weighted by Gasteiger charge is 2.39. The highest BCUT2D eigenvalue weighted by molar-refractivity contribution is 5.94. The Morgan fingerprint density at radius 1 is 1.00 bits per heavy atom. The lowest BCUT2D eigenvalue weighted by Crippen LogP contribution is -2.57. The Morgan fingerprint density at radius 3 is 2.18 bits per heavy atom. The summed E-state index contributed by atoms with van der Waals surface area (Å²) in [5, 5.41) is 8.00. The summed E-state index contributed by atoms with van der Waals surface area (Å²) in [5.41, 5.74) is 16.2. The van der Waals surface area contributed by atoms with Gasteiger partial charge in [-0.1, -0.05) is 13.8 Å². The third-order valence-electron chi connectivity index (χ3n) is 6.27. The number of halogens is 1. The van der Waals surface area contributed by atoms with Crippen LogP contribution in [-0.4, -0.2) is 90.7 Å². The number of nitrogens with one attached hydrogen (secondary N) is 3. The van der Waals surface area contributed by atoms with Crippen LogP contribution in [-0.2, 0) is 24.0 Å². The summed E-state index contributed by atoms with van der Waals surface area (Å²) in [5.74, 6) is -2.25. The SMILES string of the molecule is CC(=O)N[C@@H](CCCCN)C(=O)N[C@@H](CC(C)C)C(=O)N[C@@H](CCCN=C(N)N)C(=O)N1CC(F)C[C@H]1C=O. The zero-order valence-electron chi connectivity index (χ0n) is 23.2. The predicted molar refractivity (Wildman–Crippen MR) is 145 cm³/mol. The molecule has 1 aliphatic heterocycles. The van der Waals surface area contributed by atoms with Crippen LogP contribution in [0.1, 0.15) is 65.7 Å². The Hall–Kier alpha value is -3.29. The molecule has 1 unspecified atom stereocenters. The van der Waals surface area contributed by atoms with E-state index in [1.807, 2.05) is 13.8 Å². The maximum Gasteiger partial charge on any atom is 0.245 e. The number of rotatable bonds is 17. The van der Waals surface area contributed by atoms with Gasteiger partial charge < -0.3 is 42.8 Å². The molecule has 13 nitrogen and oxygen atoms in total. The van der Waals surface area contributed by atoms with E-state index in [-0.39, 0.29) is 50.1 Å². The number of alkyl halides is 1. The molecule has 222 valence electrons. The van der Waals surface area contributed by atoms with Crippen LogP contribution in [0.5, 0.6) is 0 Å². The number of carbonyl (C=O) groups is 5. The Bertz CT molecular complexity index is 867. The van der Waals surface area contributed by atoms with Gasteiger partial charge in [-0.15, -0.1) is 0 Å². The third kappa shape index (κ3) is 12.4. The first-order valence-electron chi connectivity index (χ1n) is 13.4. The van der Waals surface area contributed by atoms with Gasteiger partial charge in [0, 0.05) is 19.9 Å². The second-order valence-electron chi connectivity index (χ2n) is 10.3. The number of hydrogen-bond donors (Lipinski definition) is 6. The maximum atomic E-state index is 14.0. The van der Waals surface area contributed by atoms with Crippen molar-refractivity contribution < 1.29 is 28.4 Å². The molecule has 0 aromatic heterocycles. The van der Waals surface area contributed by atoms with Crippen LogP contribution in [0, 0.1) is 5.92 Å². The summed E-state index contributed by atoms with van der Waals surface area (Å²) in [6.45, 7) is 5.42. The van der Waals surface area contributed by atoms with E-state index < -0.39 is 48.1 Å². The van der Waals surface area contributed by atoms with Crippen LogP contribution >= 0.6 is 0 Å². The standard InChI is InChI=1S/C25H45FN8O5/c1-15(2)11-21(33-22(37)19(31-16(3)36)7-4-5-9-27)23(38)32-20(8-6-10-30-25(28)29)24(39)34-13-17(26)12-18(34)14-35/h14-15,17-21H,4-13,27H2,1-3H3,(H,31,36)(H,32,38)(H,33,37)(H4,28,29,30)/t17?,18-,19-,20-,21-/m0/s1. The number of carbonyl (C=O) groups excluding carboxylic acids is 5. The van der Waals surface area contributed by atoms with Crippen LogP contribution in [0.2, 0.25) is 0 Å². The quantitative estimate of drug-likeness (QED) is 0.0554. The van der Waals surface area contributed by atoms with Crippen molar-refractivity contribution in [3.05, 3.63) is 0 Å².